The zero-order chi connectivity index (χ0) is 6.95. The first-order valence-electron chi connectivity index (χ1n) is 1.63. The van der Waals surface area contributed by atoms with E-state index < -0.39 is 0 Å². The maximum absolute atomic E-state index is 4.75. The Kier molecular flexibility index (Phi) is 9.84. The minimum Gasteiger partial charge on any atom is -0.435 e. The fourth-order valence-electron chi connectivity index (χ4n) is 0.0965. The van der Waals surface area contributed by atoms with Gasteiger partial charge in [-0.3, -0.25) is 0 Å². The SMILES string of the molecule is [Si]O[Si]O[Si]O[Si]O[Si]. The molecule has 0 amide bonds. The summed E-state index contributed by atoms with van der Waals surface area (Å²) in [5.41, 5.74) is 0. The molecule has 0 atom stereocenters. The number of rotatable bonds is 6. The Morgan fingerprint density at radius 2 is 1.22 bits per heavy atom. The van der Waals surface area contributed by atoms with Crippen molar-refractivity contribution >= 4 is 51.0 Å². The van der Waals surface area contributed by atoms with Crippen molar-refractivity contribution in [3.05, 3.63) is 0 Å². The van der Waals surface area contributed by atoms with E-state index in [4.69, 9.17) is 8.23 Å². The zero-order valence-electron chi connectivity index (χ0n) is 4.13. The van der Waals surface area contributed by atoms with Gasteiger partial charge in [-0.2, -0.15) is 0 Å². The highest BCUT2D eigenvalue weighted by atomic mass is 28.4. The fourth-order valence-corrected chi connectivity index (χ4v) is 1.99. The van der Waals surface area contributed by atoms with E-state index >= 15 is 0 Å². The van der Waals surface area contributed by atoms with E-state index in [1.807, 2.05) is 0 Å². The van der Waals surface area contributed by atoms with Crippen LogP contribution in [0.5, 0.6) is 0 Å². The third kappa shape index (κ3) is 8.92. The molecule has 9 heavy (non-hydrogen) atoms. The van der Waals surface area contributed by atoms with Crippen LogP contribution in [0.15, 0.2) is 0 Å². The Bertz CT molecular complexity index is 42.2. The monoisotopic (exact) mass is 204 g/mol. The van der Waals surface area contributed by atoms with Crippen molar-refractivity contribution in [1.29, 1.82) is 0 Å². The van der Waals surface area contributed by atoms with E-state index in [2.05, 4.69) is 29.2 Å². The van der Waals surface area contributed by atoms with Gasteiger partial charge in [-0.05, 0) is 0 Å². The molecule has 4 nitrogen and oxygen atoms in total. The van der Waals surface area contributed by atoms with Crippen LogP contribution in [0.1, 0.15) is 0 Å². The van der Waals surface area contributed by atoms with Gasteiger partial charge in [-0.25, -0.2) is 0 Å². The molecule has 0 aromatic carbocycles. The average molecular weight is 204 g/mol. The quantitative estimate of drug-likeness (QED) is 0.364. The van der Waals surface area contributed by atoms with Gasteiger partial charge in [-0.1, -0.05) is 0 Å². The highest BCUT2D eigenvalue weighted by Gasteiger charge is 1.94. The molecule has 0 fully saturated rings. The van der Waals surface area contributed by atoms with Crippen LogP contribution in [-0.2, 0) is 16.5 Å². The van der Waals surface area contributed by atoms with Crippen LogP contribution in [-0.4, -0.2) is 51.0 Å². The lowest BCUT2D eigenvalue weighted by Gasteiger charge is -1.96. The lowest BCUT2D eigenvalue weighted by molar-refractivity contribution is 0.410. The lowest BCUT2D eigenvalue weighted by atomic mass is 15.7. The van der Waals surface area contributed by atoms with Gasteiger partial charge in [0.05, 0.1) is 0 Å². The van der Waals surface area contributed by atoms with E-state index in [0.717, 1.165) is 0 Å². The summed E-state index contributed by atoms with van der Waals surface area (Å²) in [6.45, 7) is 0. The minimum atomic E-state index is -0.0417. The largest absolute Gasteiger partial charge is 0.435 e. The van der Waals surface area contributed by atoms with Crippen molar-refractivity contribution in [2.45, 2.75) is 0 Å². The van der Waals surface area contributed by atoms with Crippen LogP contribution >= 0.6 is 0 Å². The second-order valence-electron chi connectivity index (χ2n) is 0.658. The van der Waals surface area contributed by atoms with Crippen molar-refractivity contribution < 1.29 is 16.5 Å². The molecular formula is O4Si5. The average Bonchev–Trinajstić information content (AvgIpc) is 1.89. The van der Waals surface area contributed by atoms with E-state index in [1.165, 1.54) is 0 Å². The predicted molar refractivity (Wildman–Crippen MR) is 33.1 cm³/mol. The highest BCUT2D eigenvalue weighted by Crippen LogP contribution is 1.69. The minimum absolute atomic E-state index is 0.0399. The van der Waals surface area contributed by atoms with Gasteiger partial charge in [0.25, 0.3) is 0 Å². The Balaban J connectivity index is 2.60. The zero-order valence-corrected chi connectivity index (χ0v) is 9.13. The highest BCUT2D eigenvalue weighted by molar-refractivity contribution is 6.44. The van der Waals surface area contributed by atoms with Gasteiger partial charge in [0.2, 0.25) is 21.0 Å². The number of hydrogen-bond donors (Lipinski definition) is 0. The Morgan fingerprint density at radius 1 is 0.778 bits per heavy atom. The molecule has 9 heteroatoms. The first-order chi connectivity index (χ1) is 4.41. The van der Waals surface area contributed by atoms with E-state index in [0.29, 0.717) is 0 Å². The third-order valence-electron chi connectivity index (χ3n) is 0.250. The molecular weight excluding hydrogens is 204 g/mol. The molecule has 0 aliphatic heterocycles. The van der Waals surface area contributed by atoms with Crippen LogP contribution in [0.3, 0.4) is 0 Å². The van der Waals surface area contributed by atoms with Crippen LogP contribution < -0.4 is 0 Å². The molecule has 0 bridgehead atoms. The molecule has 0 saturated carbocycles. The lowest BCUT2D eigenvalue weighted by Crippen LogP contribution is -2.13. The topological polar surface area (TPSA) is 36.9 Å². The summed E-state index contributed by atoms with van der Waals surface area (Å²) in [5, 5.41) is 0. The molecule has 0 saturated heterocycles. The molecule has 0 N–H and O–H groups in total. The first kappa shape index (κ1) is 9.92. The summed E-state index contributed by atoms with van der Waals surface area (Å²) < 4.78 is 18.3. The number of hydrogen-bond acceptors (Lipinski definition) is 4. The van der Waals surface area contributed by atoms with Crippen molar-refractivity contribution in [2.75, 3.05) is 0 Å². The van der Waals surface area contributed by atoms with Crippen LogP contribution in [0.4, 0.5) is 0 Å². The molecule has 0 aromatic rings. The molecule has 0 aliphatic carbocycles. The Morgan fingerprint density at radius 3 is 1.56 bits per heavy atom. The van der Waals surface area contributed by atoms with Gasteiger partial charge in [0.1, 0.15) is 0 Å². The summed E-state index contributed by atoms with van der Waals surface area (Å²) in [6.07, 6.45) is 0. The summed E-state index contributed by atoms with van der Waals surface area (Å²) in [5.74, 6) is 0. The van der Waals surface area contributed by atoms with Gasteiger partial charge >= 0.3 is 30.0 Å². The molecule has 0 heterocycles. The molecule has 44 valence electrons. The van der Waals surface area contributed by atoms with E-state index in [1.54, 1.807) is 0 Å². The van der Waals surface area contributed by atoms with Crippen LogP contribution in [0, 0.1) is 0 Å². The molecule has 0 spiro atoms. The summed E-state index contributed by atoms with van der Waals surface area (Å²) in [6, 6.07) is 0. The summed E-state index contributed by atoms with van der Waals surface area (Å²) in [4.78, 5) is 0. The van der Waals surface area contributed by atoms with Crippen molar-refractivity contribution in [1.82, 2.24) is 0 Å². The van der Waals surface area contributed by atoms with Crippen molar-refractivity contribution in [3.8, 4) is 0 Å². The van der Waals surface area contributed by atoms with Crippen molar-refractivity contribution in [3.63, 3.8) is 0 Å². The maximum Gasteiger partial charge on any atom is 0.412 e. The smallest absolute Gasteiger partial charge is 0.412 e. The first-order valence-corrected chi connectivity index (χ1v) is 4.90. The normalized spacial score (nSPS) is 10.0. The standard InChI is InChI=1S/O4Si5/c5-1-7-3-9-4-8-2-6. The Labute approximate surface area is 67.9 Å². The summed E-state index contributed by atoms with van der Waals surface area (Å²) in [7, 11) is 5.40. The third-order valence-corrected chi connectivity index (χ3v) is 2.25. The van der Waals surface area contributed by atoms with Crippen LogP contribution in [0.2, 0.25) is 0 Å². The summed E-state index contributed by atoms with van der Waals surface area (Å²) >= 11 is 0. The fraction of sp³-hybridized carbons (Fsp3) is 0. The Hall–Kier alpha value is 0.924. The van der Waals surface area contributed by atoms with Gasteiger partial charge in [0.15, 0.2) is 0 Å². The van der Waals surface area contributed by atoms with E-state index in [9.17, 15) is 0 Å². The molecule has 0 aliphatic rings. The van der Waals surface area contributed by atoms with E-state index in [-0.39, 0.29) is 30.0 Å². The predicted octanol–water partition coefficient (Wildman–Crippen LogP) is -2.18. The second-order valence-corrected chi connectivity index (χ2v) is 4.42. The second kappa shape index (κ2) is 8.92. The molecule has 0 unspecified atom stereocenters. The van der Waals surface area contributed by atoms with Gasteiger partial charge < -0.3 is 16.5 Å². The van der Waals surface area contributed by atoms with Gasteiger partial charge in [-0.15, -0.1) is 0 Å². The maximum atomic E-state index is 4.75. The van der Waals surface area contributed by atoms with Crippen molar-refractivity contribution in [2.24, 2.45) is 0 Å². The molecule has 12 radical (unpaired) electrons. The van der Waals surface area contributed by atoms with Crippen LogP contribution in [0.25, 0.3) is 0 Å². The van der Waals surface area contributed by atoms with Gasteiger partial charge in [0, 0.05) is 0 Å². The molecule has 0 aromatic heterocycles. The molecule has 0 rings (SSSR count).